The van der Waals surface area contributed by atoms with Crippen molar-refractivity contribution >= 4 is 27.3 Å². The fourth-order valence-corrected chi connectivity index (χ4v) is 5.57. The third-order valence-electron chi connectivity index (χ3n) is 4.83. The summed E-state index contributed by atoms with van der Waals surface area (Å²) >= 11 is 1.53. The summed E-state index contributed by atoms with van der Waals surface area (Å²) in [5.74, 6) is -0.603. The molecule has 0 unspecified atom stereocenters. The summed E-state index contributed by atoms with van der Waals surface area (Å²) in [6.45, 7) is 4.42. The molecule has 170 valence electrons. The summed E-state index contributed by atoms with van der Waals surface area (Å²) < 4.78 is 41.1. The number of amides is 1. The highest BCUT2D eigenvalue weighted by atomic mass is 32.2. The van der Waals surface area contributed by atoms with E-state index in [1.165, 1.54) is 39.9 Å². The fraction of sp³-hybridized carbons (Fsp3) is 0.292. The van der Waals surface area contributed by atoms with Crippen LogP contribution >= 0.6 is 11.3 Å². The van der Waals surface area contributed by atoms with Crippen LogP contribution in [-0.4, -0.2) is 36.6 Å². The Hall–Kier alpha value is -2.55. The van der Waals surface area contributed by atoms with Crippen molar-refractivity contribution in [1.29, 1.82) is 0 Å². The molecule has 0 atom stereocenters. The number of halogens is 1. The molecule has 32 heavy (non-hydrogen) atoms. The maximum absolute atomic E-state index is 13.4. The molecule has 0 aliphatic carbocycles. The van der Waals surface area contributed by atoms with Crippen LogP contribution in [-0.2, 0) is 27.9 Å². The van der Waals surface area contributed by atoms with Crippen molar-refractivity contribution in [3.8, 4) is 0 Å². The normalized spacial score (nSPS) is 11.8. The zero-order chi connectivity index (χ0) is 23.1. The number of nitrogens with zero attached hydrogens (tertiary/aromatic N) is 2. The van der Waals surface area contributed by atoms with E-state index in [1.54, 1.807) is 35.2 Å². The third-order valence-corrected chi connectivity index (χ3v) is 7.51. The van der Waals surface area contributed by atoms with Crippen molar-refractivity contribution in [3.05, 3.63) is 88.4 Å². The predicted octanol–water partition coefficient (Wildman–Crippen LogP) is 4.76. The molecule has 1 amide bonds. The van der Waals surface area contributed by atoms with Crippen LogP contribution in [0, 0.1) is 11.7 Å². The number of thiophene rings is 1. The minimum absolute atomic E-state index is 0.0455. The van der Waals surface area contributed by atoms with Crippen LogP contribution in [0.4, 0.5) is 4.39 Å². The van der Waals surface area contributed by atoms with Gasteiger partial charge in [0, 0.05) is 18.0 Å². The second-order valence-electron chi connectivity index (χ2n) is 7.96. The third kappa shape index (κ3) is 6.48. The van der Waals surface area contributed by atoms with Crippen molar-refractivity contribution in [1.82, 2.24) is 9.21 Å². The highest BCUT2D eigenvalue weighted by molar-refractivity contribution is 7.89. The molecular formula is C24H27FN2O3S2. The van der Waals surface area contributed by atoms with Crippen LogP contribution in [0.3, 0.4) is 0 Å². The van der Waals surface area contributed by atoms with Crippen molar-refractivity contribution in [2.75, 3.05) is 13.1 Å². The van der Waals surface area contributed by atoms with Crippen LogP contribution in [0.5, 0.6) is 0 Å². The number of carbonyl (C=O) groups is 1. The van der Waals surface area contributed by atoms with Gasteiger partial charge < -0.3 is 4.90 Å². The fourth-order valence-electron chi connectivity index (χ4n) is 3.28. The Kier molecular flexibility index (Phi) is 8.17. The maximum atomic E-state index is 13.4. The molecule has 1 heterocycles. The van der Waals surface area contributed by atoms with Gasteiger partial charge in [-0.15, -0.1) is 11.3 Å². The lowest BCUT2D eigenvalue weighted by atomic mass is 10.2. The Bertz CT molecular complexity index is 1100. The predicted molar refractivity (Wildman–Crippen MR) is 125 cm³/mol. The van der Waals surface area contributed by atoms with Crippen LogP contribution in [0.2, 0.25) is 0 Å². The molecule has 5 nitrogen and oxygen atoms in total. The first kappa shape index (κ1) is 24.1. The average Bonchev–Trinajstić information content (AvgIpc) is 3.28. The molecule has 0 saturated heterocycles. The molecule has 0 aliphatic rings. The monoisotopic (exact) mass is 474 g/mol. The first-order valence-electron chi connectivity index (χ1n) is 10.4. The SMILES string of the molecule is CC(C)CN(CC(=O)N(Cc1ccc(F)cc1)Cc1cccs1)S(=O)(=O)c1ccccc1. The number of hydrogen-bond acceptors (Lipinski definition) is 4. The Morgan fingerprint density at radius 3 is 2.25 bits per heavy atom. The number of rotatable bonds is 10. The topological polar surface area (TPSA) is 57.7 Å². The van der Waals surface area contributed by atoms with Gasteiger partial charge in [-0.1, -0.05) is 50.2 Å². The molecule has 0 N–H and O–H groups in total. The van der Waals surface area contributed by atoms with Gasteiger partial charge >= 0.3 is 0 Å². The summed E-state index contributed by atoms with van der Waals surface area (Å²) in [7, 11) is -3.83. The van der Waals surface area contributed by atoms with Crippen molar-refractivity contribution in [2.24, 2.45) is 5.92 Å². The van der Waals surface area contributed by atoms with Gasteiger partial charge in [-0.2, -0.15) is 4.31 Å². The highest BCUT2D eigenvalue weighted by Gasteiger charge is 2.29. The van der Waals surface area contributed by atoms with E-state index in [2.05, 4.69) is 0 Å². The zero-order valence-corrected chi connectivity index (χ0v) is 19.8. The summed E-state index contributed by atoms with van der Waals surface area (Å²) in [5.41, 5.74) is 0.776. The standard InChI is InChI=1S/C24H27FN2O3S2/c1-19(2)15-27(32(29,30)23-8-4-3-5-9-23)18-24(28)26(17-22-7-6-14-31-22)16-20-10-12-21(25)13-11-20/h3-14,19H,15-18H2,1-2H3. The Morgan fingerprint density at radius 2 is 1.66 bits per heavy atom. The van der Waals surface area contributed by atoms with Gasteiger partial charge in [0.1, 0.15) is 5.82 Å². The van der Waals surface area contributed by atoms with E-state index in [9.17, 15) is 17.6 Å². The van der Waals surface area contributed by atoms with Gasteiger partial charge in [-0.3, -0.25) is 4.79 Å². The first-order valence-corrected chi connectivity index (χ1v) is 12.7. The van der Waals surface area contributed by atoms with Gasteiger partial charge in [0.2, 0.25) is 15.9 Å². The molecule has 2 aromatic carbocycles. The van der Waals surface area contributed by atoms with Crippen LogP contribution in [0.1, 0.15) is 24.3 Å². The van der Waals surface area contributed by atoms with Crippen molar-refractivity contribution < 1.29 is 17.6 Å². The van der Waals surface area contributed by atoms with Crippen LogP contribution in [0.25, 0.3) is 0 Å². The minimum Gasteiger partial charge on any atom is -0.332 e. The zero-order valence-electron chi connectivity index (χ0n) is 18.1. The second-order valence-corrected chi connectivity index (χ2v) is 10.9. The number of benzene rings is 2. The Labute approximate surface area is 193 Å². The number of hydrogen-bond donors (Lipinski definition) is 0. The first-order chi connectivity index (χ1) is 15.3. The lowest BCUT2D eigenvalue weighted by Gasteiger charge is -2.28. The number of carbonyl (C=O) groups excluding carboxylic acids is 1. The molecule has 0 fully saturated rings. The second kappa shape index (κ2) is 10.8. The Balaban J connectivity index is 1.85. The van der Waals surface area contributed by atoms with E-state index < -0.39 is 10.0 Å². The van der Waals surface area contributed by atoms with E-state index in [-0.39, 0.29) is 42.2 Å². The largest absolute Gasteiger partial charge is 0.332 e. The molecule has 0 bridgehead atoms. The van der Waals surface area contributed by atoms with E-state index in [0.717, 1.165) is 10.4 Å². The molecular weight excluding hydrogens is 447 g/mol. The van der Waals surface area contributed by atoms with Gasteiger partial charge in [-0.05, 0) is 47.2 Å². The average molecular weight is 475 g/mol. The van der Waals surface area contributed by atoms with Crippen LogP contribution < -0.4 is 0 Å². The van der Waals surface area contributed by atoms with E-state index in [4.69, 9.17) is 0 Å². The smallest absolute Gasteiger partial charge is 0.243 e. The summed E-state index contributed by atoms with van der Waals surface area (Å²) in [5, 5.41) is 1.93. The van der Waals surface area contributed by atoms with E-state index >= 15 is 0 Å². The summed E-state index contributed by atoms with van der Waals surface area (Å²) in [6.07, 6.45) is 0. The summed E-state index contributed by atoms with van der Waals surface area (Å²) in [6, 6.07) is 18.0. The lowest BCUT2D eigenvalue weighted by molar-refractivity contribution is -0.132. The molecule has 3 rings (SSSR count). The summed E-state index contributed by atoms with van der Waals surface area (Å²) in [4.78, 5) is 16.1. The van der Waals surface area contributed by atoms with Gasteiger partial charge in [-0.25, -0.2) is 12.8 Å². The minimum atomic E-state index is -3.83. The van der Waals surface area contributed by atoms with E-state index in [0.29, 0.717) is 6.54 Å². The lowest BCUT2D eigenvalue weighted by Crippen LogP contribution is -2.43. The highest BCUT2D eigenvalue weighted by Crippen LogP contribution is 2.19. The molecule has 8 heteroatoms. The Morgan fingerprint density at radius 1 is 0.969 bits per heavy atom. The molecule has 0 saturated carbocycles. The quantitative estimate of drug-likeness (QED) is 0.426. The molecule has 3 aromatic rings. The molecule has 1 aromatic heterocycles. The van der Waals surface area contributed by atoms with Crippen molar-refractivity contribution in [2.45, 2.75) is 31.8 Å². The molecule has 0 radical (unpaired) electrons. The van der Waals surface area contributed by atoms with Crippen molar-refractivity contribution in [3.63, 3.8) is 0 Å². The number of sulfonamides is 1. The van der Waals surface area contributed by atoms with Gasteiger partial charge in [0.25, 0.3) is 0 Å². The van der Waals surface area contributed by atoms with Crippen LogP contribution in [0.15, 0.2) is 77.0 Å². The molecule has 0 spiro atoms. The maximum Gasteiger partial charge on any atom is 0.243 e. The molecule has 0 aliphatic heterocycles. The van der Waals surface area contributed by atoms with E-state index in [1.807, 2.05) is 31.4 Å². The van der Waals surface area contributed by atoms with Gasteiger partial charge in [0.15, 0.2) is 0 Å². The van der Waals surface area contributed by atoms with Gasteiger partial charge in [0.05, 0.1) is 18.0 Å².